The highest BCUT2D eigenvalue weighted by Gasteiger charge is 2.14. The van der Waals surface area contributed by atoms with Gasteiger partial charge in [-0.25, -0.2) is 0 Å². The average Bonchev–Trinajstić information content (AvgIpc) is 2.36. The van der Waals surface area contributed by atoms with Gasteiger partial charge in [-0.3, -0.25) is 0 Å². The summed E-state index contributed by atoms with van der Waals surface area (Å²) in [6, 6.07) is 6.15. The van der Waals surface area contributed by atoms with E-state index in [0.717, 1.165) is 23.2 Å². The lowest BCUT2D eigenvalue weighted by atomic mass is 10.1. The minimum absolute atomic E-state index is 0.0846. The van der Waals surface area contributed by atoms with Crippen molar-refractivity contribution in [3.63, 3.8) is 0 Å². The van der Waals surface area contributed by atoms with Crippen molar-refractivity contribution in [2.75, 3.05) is 13.7 Å². The van der Waals surface area contributed by atoms with Gasteiger partial charge in [-0.05, 0) is 49.7 Å². The number of methoxy groups -OCH3 is 1. The molecule has 1 aromatic carbocycles. The van der Waals surface area contributed by atoms with Gasteiger partial charge in [0.05, 0.1) is 10.6 Å². The van der Waals surface area contributed by atoms with Crippen LogP contribution in [-0.2, 0) is 11.3 Å². The lowest BCUT2D eigenvalue weighted by Crippen LogP contribution is -2.35. The molecule has 3 nitrogen and oxygen atoms in total. The Morgan fingerprint density at radius 2 is 2.00 bits per heavy atom. The molecule has 0 aliphatic heterocycles. The first-order valence-corrected chi connectivity index (χ1v) is 7.81. The summed E-state index contributed by atoms with van der Waals surface area (Å²) in [7, 11) is 1.71. The molecule has 0 fully saturated rings. The summed E-state index contributed by atoms with van der Waals surface area (Å²) < 4.78 is 12.2. The normalized spacial score (nSPS) is 13.3. The molecule has 0 saturated heterocycles. The largest absolute Gasteiger partial charge is 0.489 e. The van der Waals surface area contributed by atoms with E-state index in [2.05, 4.69) is 55.0 Å². The Bertz CT molecular complexity index is 415. The summed E-state index contributed by atoms with van der Waals surface area (Å²) in [5, 5.41) is 3.50. The van der Waals surface area contributed by atoms with E-state index in [1.165, 1.54) is 5.56 Å². The van der Waals surface area contributed by atoms with E-state index in [0.29, 0.717) is 6.61 Å². The Morgan fingerprint density at radius 1 is 1.30 bits per heavy atom. The third kappa shape index (κ3) is 6.25. The molecule has 0 heterocycles. The third-order valence-electron chi connectivity index (χ3n) is 2.91. The van der Waals surface area contributed by atoms with Crippen molar-refractivity contribution >= 4 is 15.9 Å². The summed E-state index contributed by atoms with van der Waals surface area (Å²) in [4.78, 5) is 0. The second kappa shape index (κ2) is 8.01. The SMILES string of the molecule is COCCC(C)Oc1c(Br)cccc1CNC(C)(C)C. The summed E-state index contributed by atoms with van der Waals surface area (Å²) in [6.07, 6.45) is 1.01. The van der Waals surface area contributed by atoms with Crippen molar-refractivity contribution in [3.05, 3.63) is 28.2 Å². The van der Waals surface area contributed by atoms with Crippen LogP contribution in [0.3, 0.4) is 0 Å². The quantitative estimate of drug-likeness (QED) is 0.806. The first-order chi connectivity index (χ1) is 9.33. The molecule has 20 heavy (non-hydrogen) atoms. The van der Waals surface area contributed by atoms with Gasteiger partial charge < -0.3 is 14.8 Å². The Kier molecular flexibility index (Phi) is 7.00. The molecule has 1 atom stereocenters. The van der Waals surface area contributed by atoms with Crippen LogP contribution in [-0.4, -0.2) is 25.4 Å². The lowest BCUT2D eigenvalue weighted by Gasteiger charge is -2.23. The van der Waals surface area contributed by atoms with Gasteiger partial charge in [0.25, 0.3) is 0 Å². The van der Waals surface area contributed by atoms with Gasteiger partial charge in [0.1, 0.15) is 5.75 Å². The van der Waals surface area contributed by atoms with Crippen molar-refractivity contribution in [1.82, 2.24) is 5.32 Å². The molecule has 1 aromatic rings. The monoisotopic (exact) mass is 343 g/mol. The molecule has 1 unspecified atom stereocenters. The Morgan fingerprint density at radius 3 is 2.60 bits per heavy atom. The maximum absolute atomic E-state index is 6.08. The minimum atomic E-state index is 0.0846. The van der Waals surface area contributed by atoms with E-state index in [1.807, 2.05) is 12.1 Å². The van der Waals surface area contributed by atoms with Crippen LogP contribution in [0.5, 0.6) is 5.75 Å². The van der Waals surface area contributed by atoms with Crippen LogP contribution in [0.4, 0.5) is 0 Å². The number of hydrogen-bond acceptors (Lipinski definition) is 3. The van der Waals surface area contributed by atoms with E-state index in [-0.39, 0.29) is 11.6 Å². The van der Waals surface area contributed by atoms with E-state index in [1.54, 1.807) is 7.11 Å². The highest BCUT2D eigenvalue weighted by molar-refractivity contribution is 9.10. The molecule has 114 valence electrons. The van der Waals surface area contributed by atoms with Crippen molar-refractivity contribution in [3.8, 4) is 5.75 Å². The molecule has 0 aromatic heterocycles. The maximum atomic E-state index is 6.08. The number of benzene rings is 1. The van der Waals surface area contributed by atoms with Gasteiger partial charge in [0.15, 0.2) is 0 Å². The molecule has 1 rings (SSSR count). The van der Waals surface area contributed by atoms with Gasteiger partial charge in [-0.1, -0.05) is 12.1 Å². The van der Waals surface area contributed by atoms with Gasteiger partial charge in [-0.2, -0.15) is 0 Å². The zero-order valence-electron chi connectivity index (χ0n) is 13.1. The summed E-state index contributed by atoms with van der Waals surface area (Å²) >= 11 is 3.58. The predicted octanol–water partition coefficient (Wildman–Crippen LogP) is 4.14. The second-order valence-electron chi connectivity index (χ2n) is 6.04. The number of halogens is 1. The molecule has 0 amide bonds. The van der Waals surface area contributed by atoms with E-state index in [9.17, 15) is 0 Å². The van der Waals surface area contributed by atoms with Gasteiger partial charge in [0.2, 0.25) is 0 Å². The van der Waals surface area contributed by atoms with Crippen LogP contribution in [0.2, 0.25) is 0 Å². The highest BCUT2D eigenvalue weighted by atomic mass is 79.9. The van der Waals surface area contributed by atoms with Crippen molar-refractivity contribution < 1.29 is 9.47 Å². The van der Waals surface area contributed by atoms with Gasteiger partial charge in [-0.15, -0.1) is 0 Å². The standard InChI is InChI=1S/C16H26BrNO2/c1-12(9-10-19-5)20-15-13(7-6-8-14(15)17)11-18-16(2,3)4/h6-8,12,18H,9-11H2,1-5H3. The molecule has 0 bridgehead atoms. The number of rotatable bonds is 7. The highest BCUT2D eigenvalue weighted by Crippen LogP contribution is 2.30. The number of hydrogen-bond donors (Lipinski definition) is 1. The zero-order chi connectivity index (χ0) is 15.2. The fraction of sp³-hybridized carbons (Fsp3) is 0.625. The first kappa shape index (κ1) is 17.5. The van der Waals surface area contributed by atoms with Crippen LogP contribution in [0.25, 0.3) is 0 Å². The topological polar surface area (TPSA) is 30.5 Å². The minimum Gasteiger partial charge on any atom is -0.489 e. The first-order valence-electron chi connectivity index (χ1n) is 7.01. The molecule has 0 radical (unpaired) electrons. The van der Waals surface area contributed by atoms with Gasteiger partial charge in [0, 0.05) is 37.8 Å². The van der Waals surface area contributed by atoms with Crippen LogP contribution in [0.1, 0.15) is 39.7 Å². The Labute approximate surface area is 131 Å². The molecule has 4 heteroatoms. The predicted molar refractivity (Wildman–Crippen MR) is 87.3 cm³/mol. The smallest absolute Gasteiger partial charge is 0.138 e. The van der Waals surface area contributed by atoms with Crippen molar-refractivity contribution in [2.45, 2.75) is 52.3 Å². The number of para-hydroxylation sites is 1. The molecule has 0 spiro atoms. The zero-order valence-corrected chi connectivity index (χ0v) is 14.7. The summed E-state index contributed by atoms with van der Waals surface area (Å²) in [6.45, 7) is 10.0. The molecule has 0 aliphatic rings. The molecule has 0 saturated carbocycles. The van der Waals surface area contributed by atoms with Crippen LogP contribution in [0, 0.1) is 0 Å². The fourth-order valence-electron chi connectivity index (χ4n) is 1.73. The number of nitrogens with one attached hydrogen (secondary N) is 1. The summed E-state index contributed by atoms with van der Waals surface area (Å²) in [5.41, 5.74) is 1.25. The Hall–Kier alpha value is -0.580. The van der Waals surface area contributed by atoms with E-state index >= 15 is 0 Å². The Balaban J connectivity index is 2.77. The number of ether oxygens (including phenoxy) is 2. The van der Waals surface area contributed by atoms with E-state index in [4.69, 9.17) is 9.47 Å². The molecule has 0 aliphatic carbocycles. The van der Waals surface area contributed by atoms with Gasteiger partial charge >= 0.3 is 0 Å². The molecule has 1 N–H and O–H groups in total. The fourth-order valence-corrected chi connectivity index (χ4v) is 2.23. The molecular weight excluding hydrogens is 318 g/mol. The van der Waals surface area contributed by atoms with Crippen LogP contribution in [0.15, 0.2) is 22.7 Å². The second-order valence-corrected chi connectivity index (χ2v) is 6.90. The third-order valence-corrected chi connectivity index (χ3v) is 3.53. The van der Waals surface area contributed by atoms with Crippen molar-refractivity contribution in [2.24, 2.45) is 0 Å². The summed E-state index contributed by atoms with van der Waals surface area (Å²) in [5.74, 6) is 0.924. The van der Waals surface area contributed by atoms with Crippen molar-refractivity contribution in [1.29, 1.82) is 0 Å². The van der Waals surface area contributed by atoms with E-state index < -0.39 is 0 Å². The maximum Gasteiger partial charge on any atom is 0.138 e. The van der Waals surface area contributed by atoms with Crippen LogP contribution < -0.4 is 10.1 Å². The molecular formula is C16H26BrNO2. The lowest BCUT2D eigenvalue weighted by molar-refractivity contribution is 0.134. The van der Waals surface area contributed by atoms with Crippen LogP contribution >= 0.6 is 15.9 Å². The average molecular weight is 344 g/mol.